The lowest BCUT2D eigenvalue weighted by molar-refractivity contribution is 0.0967. The molecule has 0 amide bonds. The molecule has 18 heavy (non-hydrogen) atoms. The first-order valence-electron chi connectivity index (χ1n) is 6.49. The van der Waals surface area contributed by atoms with E-state index in [2.05, 4.69) is 26.6 Å². The summed E-state index contributed by atoms with van der Waals surface area (Å²) in [7, 11) is 0.557. The quantitative estimate of drug-likeness (QED) is 0.567. The molecule has 0 aliphatic rings. The summed E-state index contributed by atoms with van der Waals surface area (Å²) in [6.45, 7) is 9.23. The molecule has 2 nitrogen and oxygen atoms in total. The van der Waals surface area contributed by atoms with Crippen LogP contribution in [-0.2, 0) is 0 Å². The van der Waals surface area contributed by atoms with Gasteiger partial charge in [-0.3, -0.25) is 4.79 Å². The summed E-state index contributed by atoms with van der Waals surface area (Å²) >= 11 is 0. The number of hydrogen-bond donors (Lipinski definition) is 0. The highest BCUT2D eigenvalue weighted by molar-refractivity contribution is 6.76. The third-order valence-electron chi connectivity index (χ3n) is 2.91. The molecular formula is C15H24O2Si. The molecule has 1 unspecified atom stereocenters. The van der Waals surface area contributed by atoms with Crippen molar-refractivity contribution in [1.29, 1.82) is 0 Å². The predicted molar refractivity (Wildman–Crippen MR) is 79.3 cm³/mol. The SMILES string of the molecule is COc1ccc(C(=O)CC(C)C[Si](C)(C)C)cc1. The van der Waals surface area contributed by atoms with E-state index in [1.165, 1.54) is 6.04 Å². The first-order valence-corrected chi connectivity index (χ1v) is 10.2. The number of rotatable bonds is 6. The van der Waals surface area contributed by atoms with Crippen molar-refractivity contribution in [2.45, 2.75) is 39.0 Å². The second kappa shape index (κ2) is 6.18. The first-order chi connectivity index (χ1) is 8.31. The van der Waals surface area contributed by atoms with Gasteiger partial charge >= 0.3 is 0 Å². The van der Waals surface area contributed by atoms with Crippen LogP contribution >= 0.6 is 0 Å². The Labute approximate surface area is 111 Å². The van der Waals surface area contributed by atoms with Crippen molar-refractivity contribution in [2.75, 3.05) is 7.11 Å². The zero-order chi connectivity index (χ0) is 13.8. The van der Waals surface area contributed by atoms with Crippen molar-refractivity contribution >= 4 is 13.9 Å². The highest BCUT2D eigenvalue weighted by Crippen LogP contribution is 2.21. The van der Waals surface area contributed by atoms with Crippen LogP contribution in [0.4, 0.5) is 0 Å². The first kappa shape index (κ1) is 15.0. The van der Waals surface area contributed by atoms with Gasteiger partial charge < -0.3 is 4.74 Å². The lowest BCUT2D eigenvalue weighted by Gasteiger charge is -2.20. The summed E-state index contributed by atoms with van der Waals surface area (Å²) in [6, 6.07) is 8.59. The summed E-state index contributed by atoms with van der Waals surface area (Å²) < 4.78 is 5.09. The molecule has 0 heterocycles. The molecule has 0 radical (unpaired) electrons. The van der Waals surface area contributed by atoms with Gasteiger partial charge in [-0.05, 0) is 30.2 Å². The summed E-state index contributed by atoms with van der Waals surface area (Å²) in [5.41, 5.74) is 0.790. The lowest BCUT2D eigenvalue weighted by atomic mass is 10.0. The van der Waals surface area contributed by atoms with Gasteiger partial charge in [-0.15, -0.1) is 0 Å². The summed E-state index contributed by atoms with van der Waals surface area (Å²) in [6.07, 6.45) is 0.649. The largest absolute Gasteiger partial charge is 0.497 e. The van der Waals surface area contributed by atoms with Crippen molar-refractivity contribution in [3.8, 4) is 5.75 Å². The molecular weight excluding hydrogens is 240 g/mol. The van der Waals surface area contributed by atoms with Crippen molar-refractivity contribution in [1.82, 2.24) is 0 Å². The average Bonchev–Trinajstić information content (AvgIpc) is 2.26. The number of benzene rings is 1. The van der Waals surface area contributed by atoms with Gasteiger partial charge in [0.15, 0.2) is 5.78 Å². The number of ketones is 1. The fourth-order valence-corrected chi connectivity index (χ4v) is 4.56. The number of carbonyl (C=O) groups excluding carboxylic acids is 1. The number of carbonyl (C=O) groups is 1. The van der Waals surface area contributed by atoms with Gasteiger partial charge in [0.1, 0.15) is 5.75 Å². The van der Waals surface area contributed by atoms with Crippen molar-refractivity contribution < 1.29 is 9.53 Å². The van der Waals surface area contributed by atoms with Crippen LogP contribution in [0.1, 0.15) is 23.7 Å². The standard InChI is InChI=1S/C15H24O2Si/c1-12(11-18(3,4)5)10-15(16)13-6-8-14(17-2)9-7-13/h6-9,12H,10-11H2,1-5H3. The topological polar surface area (TPSA) is 26.3 Å². The van der Waals surface area contributed by atoms with E-state index in [0.29, 0.717) is 12.3 Å². The highest BCUT2D eigenvalue weighted by atomic mass is 28.3. The Morgan fingerprint density at radius 1 is 1.22 bits per heavy atom. The van der Waals surface area contributed by atoms with Crippen LogP contribution < -0.4 is 4.74 Å². The minimum atomic E-state index is -1.08. The Bertz CT molecular complexity index is 390. The van der Waals surface area contributed by atoms with E-state index in [1.54, 1.807) is 7.11 Å². The van der Waals surface area contributed by atoms with Gasteiger partial charge in [-0.1, -0.05) is 32.6 Å². The third kappa shape index (κ3) is 5.04. The molecule has 0 N–H and O–H groups in total. The smallest absolute Gasteiger partial charge is 0.163 e. The molecule has 1 aromatic rings. The van der Waals surface area contributed by atoms with Gasteiger partial charge in [0, 0.05) is 20.1 Å². The van der Waals surface area contributed by atoms with Gasteiger partial charge in [-0.25, -0.2) is 0 Å². The van der Waals surface area contributed by atoms with E-state index in [9.17, 15) is 4.79 Å². The van der Waals surface area contributed by atoms with Crippen LogP contribution in [0.3, 0.4) is 0 Å². The van der Waals surface area contributed by atoms with Crippen LogP contribution in [0.15, 0.2) is 24.3 Å². The second-order valence-electron chi connectivity index (χ2n) is 6.23. The maximum atomic E-state index is 12.1. The molecule has 0 fully saturated rings. The number of hydrogen-bond acceptors (Lipinski definition) is 2. The van der Waals surface area contributed by atoms with E-state index in [0.717, 1.165) is 11.3 Å². The van der Waals surface area contributed by atoms with Crippen LogP contribution in [0, 0.1) is 5.92 Å². The molecule has 0 aromatic heterocycles. The summed E-state index contributed by atoms with van der Waals surface area (Å²) in [5.74, 6) is 1.51. The van der Waals surface area contributed by atoms with E-state index >= 15 is 0 Å². The molecule has 1 atom stereocenters. The zero-order valence-corrected chi connectivity index (χ0v) is 13.1. The minimum Gasteiger partial charge on any atom is -0.497 e. The fourth-order valence-electron chi connectivity index (χ4n) is 2.33. The van der Waals surface area contributed by atoms with Gasteiger partial charge in [0.05, 0.1) is 7.11 Å². The zero-order valence-electron chi connectivity index (χ0n) is 12.1. The molecule has 0 saturated carbocycles. The highest BCUT2D eigenvalue weighted by Gasteiger charge is 2.19. The number of ether oxygens (including phenoxy) is 1. The molecule has 1 rings (SSSR count). The Balaban J connectivity index is 2.59. The van der Waals surface area contributed by atoms with Gasteiger partial charge in [0.2, 0.25) is 0 Å². The van der Waals surface area contributed by atoms with Crippen molar-refractivity contribution in [2.24, 2.45) is 5.92 Å². The Morgan fingerprint density at radius 3 is 2.22 bits per heavy atom. The predicted octanol–water partition coefficient (Wildman–Crippen LogP) is 4.24. The van der Waals surface area contributed by atoms with E-state index in [-0.39, 0.29) is 5.78 Å². The van der Waals surface area contributed by atoms with Crippen LogP contribution in [0.25, 0.3) is 0 Å². The monoisotopic (exact) mass is 264 g/mol. The van der Waals surface area contributed by atoms with Crippen LogP contribution in [0.2, 0.25) is 25.7 Å². The fraction of sp³-hybridized carbons (Fsp3) is 0.533. The van der Waals surface area contributed by atoms with Gasteiger partial charge in [0.25, 0.3) is 0 Å². The molecule has 0 saturated heterocycles. The molecule has 0 aliphatic carbocycles. The molecule has 0 bridgehead atoms. The Morgan fingerprint density at radius 2 is 1.78 bits per heavy atom. The number of Topliss-reactive ketones (excluding diaryl/α,β-unsaturated/α-hetero) is 1. The minimum absolute atomic E-state index is 0.239. The van der Waals surface area contributed by atoms with E-state index < -0.39 is 8.07 Å². The maximum absolute atomic E-state index is 12.1. The Kier molecular flexibility index (Phi) is 5.14. The molecule has 0 aliphatic heterocycles. The summed E-state index contributed by atoms with van der Waals surface area (Å²) in [4.78, 5) is 12.1. The molecule has 100 valence electrons. The van der Waals surface area contributed by atoms with Gasteiger partial charge in [-0.2, -0.15) is 0 Å². The third-order valence-corrected chi connectivity index (χ3v) is 4.83. The number of methoxy groups -OCH3 is 1. The Hall–Kier alpha value is -1.09. The van der Waals surface area contributed by atoms with E-state index in [4.69, 9.17) is 4.74 Å². The molecule has 0 spiro atoms. The van der Waals surface area contributed by atoms with Crippen molar-refractivity contribution in [3.05, 3.63) is 29.8 Å². The lowest BCUT2D eigenvalue weighted by Crippen LogP contribution is -2.23. The van der Waals surface area contributed by atoms with Crippen molar-refractivity contribution in [3.63, 3.8) is 0 Å². The molecule has 1 aromatic carbocycles. The van der Waals surface area contributed by atoms with E-state index in [1.807, 2.05) is 24.3 Å². The average molecular weight is 264 g/mol. The summed E-state index contributed by atoms with van der Waals surface area (Å²) in [5, 5.41) is 0. The van der Waals surface area contributed by atoms with Crippen LogP contribution in [-0.4, -0.2) is 21.0 Å². The van der Waals surface area contributed by atoms with Crippen LogP contribution in [0.5, 0.6) is 5.75 Å². The second-order valence-corrected chi connectivity index (χ2v) is 11.8. The maximum Gasteiger partial charge on any atom is 0.163 e. The normalized spacial score (nSPS) is 13.2. The molecule has 3 heteroatoms.